The normalized spacial score (nSPS) is 17.4. The third kappa shape index (κ3) is 3.63. The lowest BCUT2D eigenvalue weighted by Gasteiger charge is -2.25. The number of hydrogen-bond acceptors (Lipinski definition) is 4. The molecule has 1 aliphatic rings. The molecule has 1 aromatic heterocycles. The Kier molecular flexibility index (Phi) is 5.64. The highest BCUT2D eigenvalue weighted by Crippen LogP contribution is 2.43. The molecule has 1 atom stereocenters. The summed E-state index contributed by atoms with van der Waals surface area (Å²) in [5, 5.41) is 12.2. The van der Waals surface area contributed by atoms with E-state index >= 15 is 0 Å². The molecule has 0 spiro atoms. The van der Waals surface area contributed by atoms with Gasteiger partial charge in [0.1, 0.15) is 11.5 Å². The van der Waals surface area contributed by atoms with Gasteiger partial charge in [0, 0.05) is 28.4 Å². The van der Waals surface area contributed by atoms with Crippen molar-refractivity contribution in [2.45, 2.75) is 19.4 Å². The Morgan fingerprint density at radius 3 is 2.41 bits per heavy atom. The van der Waals surface area contributed by atoms with Gasteiger partial charge in [0.15, 0.2) is 0 Å². The van der Waals surface area contributed by atoms with Gasteiger partial charge in [-0.1, -0.05) is 55.5 Å². The van der Waals surface area contributed by atoms with Gasteiger partial charge in [-0.3, -0.25) is 14.5 Å². The third-order valence-corrected chi connectivity index (χ3v) is 5.99. The van der Waals surface area contributed by atoms with Crippen molar-refractivity contribution in [3.63, 3.8) is 0 Å². The molecular formula is C28H24N2O4. The number of nitrogens with one attached hydrogen (secondary N) is 1. The number of H-pyrrole nitrogens is 1. The minimum Gasteiger partial charge on any atom is -0.507 e. The fourth-order valence-electron chi connectivity index (χ4n) is 4.38. The summed E-state index contributed by atoms with van der Waals surface area (Å²) in [7, 11) is 0. The van der Waals surface area contributed by atoms with E-state index in [0.29, 0.717) is 29.2 Å². The molecule has 3 aromatic carbocycles. The number of amides is 1. The molecule has 34 heavy (non-hydrogen) atoms. The molecule has 1 fully saturated rings. The number of aliphatic hydroxyl groups excluding tert-OH is 1. The summed E-state index contributed by atoms with van der Waals surface area (Å²) in [5.74, 6) is -0.892. The molecular weight excluding hydrogens is 428 g/mol. The van der Waals surface area contributed by atoms with Crippen molar-refractivity contribution < 1.29 is 19.4 Å². The van der Waals surface area contributed by atoms with Gasteiger partial charge in [0.2, 0.25) is 0 Å². The fourth-order valence-corrected chi connectivity index (χ4v) is 4.38. The summed E-state index contributed by atoms with van der Waals surface area (Å²) in [6.07, 6.45) is 2.55. The van der Waals surface area contributed by atoms with Crippen LogP contribution in [0, 0.1) is 0 Å². The number of ether oxygens (including phenoxy) is 1. The van der Waals surface area contributed by atoms with Gasteiger partial charge in [-0.05, 0) is 42.3 Å². The van der Waals surface area contributed by atoms with Crippen molar-refractivity contribution in [1.82, 2.24) is 4.98 Å². The number of aromatic nitrogens is 1. The van der Waals surface area contributed by atoms with Crippen LogP contribution >= 0.6 is 0 Å². The zero-order valence-electron chi connectivity index (χ0n) is 18.7. The lowest BCUT2D eigenvalue weighted by Crippen LogP contribution is -2.29. The molecule has 4 aromatic rings. The quantitative estimate of drug-likeness (QED) is 0.227. The van der Waals surface area contributed by atoms with Crippen LogP contribution in [0.3, 0.4) is 0 Å². The van der Waals surface area contributed by atoms with Gasteiger partial charge in [0.05, 0.1) is 18.2 Å². The average Bonchev–Trinajstić information content (AvgIpc) is 3.42. The first kappa shape index (κ1) is 21.5. The maximum atomic E-state index is 13.3. The minimum absolute atomic E-state index is 0.0563. The topological polar surface area (TPSA) is 82.6 Å². The number of Topliss-reactive ketones (excluding diaryl/α,β-unsaturated/α-hetero) is 1. The number of aliphatic hydroxyl groups is 1. The van der Waals surface area contributed by atoms with E-state index in [9.17, 15) is 14.7 Å². The SMILES string of the molecule is CCCOc1ccc(C2/C(=C(/O)c3c[nH]c4ccccc34)C(=O)C(=O)N2c2ccccc2)cc1. The van der Waals surface area contributed by atoms with Crippen molar-refractivity contribution >= 4 is 34.0 Å². The number of para-hydroxylation sites is 2. The Morgan fingerprint density at radius 2 is 1.68 bits per heavy atom. The first-order valence-corrected chi connectivity index (χ1v) is 11.3. The van der Waals surface area contributed by atoms with E-state index in [2.05, 4.69) is 4.98 Å². The second-order valence-corrected chi connectivity index (χ2v) is 8.17. The summed E-state index contributed by atoms with van der Waals surface area (Å²) < 4.78 is 5.69. The first-order valence-electron chi connectivity index (χ1n) is 11.3. The largest absolute Gasteiger partial charge is 0.507 e. The second-order valence-electron chi connectivity index (χ2n) is 8.17. The van der Waals surface area contributed by atoms with E-state index < -0.39 is 17.7 Å². The monoisotopic (exact) mass is 452 g/mol. The van der Waals surface area contributed by atoms with E-state index in [4.69, 9.17) is 4.74 Å². The fraction of sp³-hybridized carbons (Fsp3) is 0.143. The van der Waals surface area contributed by atoms with Crippen LogP contribution in [0.1, 0.15) is 30.5 Å². The van der Waals surface area contributed by atoms with E-state index in [1.54, 1.807) is 18.3 Å². The Labute approximate surface area is 197 Å². The van der Waals surface area contributed by atoms with Crippen LogP contribution in [0.2, 0.25) is 0 Å². The molecule has 5 rings (SSSR count). The summed E-state index contributed by atoms with van der Waals surface area (Å²) >= 11 is 0. The Balaban J connectivity index is 1.68. The molecule has 2 N–H and O–H groups in total. The zero-order valence-corrected chi connectivity index (χ0v) is 18.7. The molecule has 0 radical (unpaired) electrons. The zero-order chi connectivity index (χ0) is 23.7. The molecule has 0 aliphatic carbocycles. The van der Waals surface area contributed by atoms with Crippen LogP contribution in [0.25, 0.3) is 16.7 Å². The summed E-state index contributed by atoms with van der Waals surface area (Å²) in [6.45, 7) is 2.63. The standard InChI is InChI=1S/C28H24N2O4/c1-2-16-34-20-14-12-18(13-15-20)25-24(26(31)22-17-29-23-11-7-6-10-21(22)23)27(32)28(33)30(25)19-8-4-3-5-9-19/h3-15,17,25,29,31H,2,16H2,1H3/b26-24-. The molecule has 1 amide bonds. The highest BCUT2D eigenvalue weighted by Gasteiger charge is 2.47. The van der Waals surface area contributed by atoms with Crippen molar-refractivity contribution in [3.8, 4) is 5.75 Å². The summed E-state index contributed by atoms with van der Waals surface area (Å²) in [4.78, 5) is 31.1. The Morgan fingerprint density at radius 1 is 0.971 bits per heavy atom. The van der Waals surface area contributed by atoms with Gasteiger partial charge < -0.3 is 14.8 Å². The number of hydrogen-bond donors (Lipinski definition) is 2. The lowest BCUT2D eigenvalue weighted by molar-refractivity contribution is -0.132. The number of ketones is 1. The van der Waals surface area contributed by atoms with Crippen LogP contribution in [-0.2, 0) is 9.59 Å². The minimum atomic E-state index is -0.781. The summed E-state index contributed by atoms with van der Waals surface area (Å²) in [5.41, 5.74) is 2.65. The van der Waals surface area contributed by atoms with E-state index in [1.807, 2.05) is 73.7 Å². The lowest BCUT2D eigenvalue weighted by atomic mass is 9.95. The van der Waals surface area contributed by atoms with Crippen LogP contribution < -0.4 is 9.64 Å². The average molecular weight is 453 g/mol. The summed E-state index contributed by atoms with van der Waals surface area (Å²) in [6, 6.07) is 23.1. The maximum Gasteiger partial charge on any atom is 0.300 e. The number of nitrogens with zero attached hydrogens (tertiary/aromatic N) is 1. The van der Waals surface area contributed by atoms with Crippen LogP contribution in [0.4, 0.5) is 5.69 Å². The Hall–Kier alpha value is -4.32. The van der Waals surface area contributed by atoms with Gasteiger partial charge in [-0.15, -0.1) is 0 Å². The van der Waals surface area contributed by atoms with Crippen LogP contribution in [0.5, 0.6) is 5.75 Å². The number of rotatable bonds is 6. The second kappa shape index (κ2) is 8.90. The molecule has 1 saturated heterocycles. The van der Waals surface area contributed by atoms with Gasteiger partial charge >= 0.3 is 0 Å². The van der Waals surface area contributed by atoms with Gasteiger partial charge in [-0.25, -0.2) is 0 Å². The van der Waals surface area contributed by atoms with Crippen molar-refractivity contribution in [2.75, 3.05) is 11.5 Å². The highest BCUT2D eigenvalue weighted by molar-refractivity contribution is 6.51. The molecule has 1 unspecified atom stereocenters. The molecule has 6 nitrogen and oxygen atoms in total. The molecule has 0 bridgehead atoms. The van der Waals surface area contributed by atoms with E-state index in [-0.39, 0.29) is 11.3 Å². The van der Waals surface area contributed by atoms with E-state index in [1.165, 1.54) is 4.90 Å². The molecule has 170 valence electrons. The maximum absolute atomic E-state index is 13.3. The molecule has 2 heterocycles. The van der Waals surface area contributed by atoms with Crippen molar-refractivity contribution in [3.05, 3.63) is 102 Å². The number of aromatic amines is 1. The Bertz CT molecular complexity index is 1390. The van der Waals surface area contributed by atoms with Crippen LogP contribution in [-0.4, -0.2) is 28.4 Å². The smallest absolute Gasteiger partial charge is 0.300 e. The predicted octanol–water partition coefficient (Wildman–Crippen LogP) is 5.58. The third-order valence-electron chi connectivity index (χ3n) is 5.99. The first-order chi connectivity index (χ1) is 16.6. The molecule has 1 aliphatic heterocycles. The van der Waals surface area contributed by atoms with Crippen molar-refractivity contribution in [2.24, 2.45) is 0 Å². The number of fused-ring (bicyclic) bond motifs is 1. The predicted molar refractivity (Wildman–Crippen MR) is 132 cm³/mol. The van der Waals surface area contributed by atoms with E-state index in [0.717, 1.165) is 17.3 Å². The number of carbonyl (C=O) groups excluding carboxylic acids is 2. The molecule has 0 saturated carbocycles. The van der Waals surface area contributed by atoms with Gasteiger partial charge in [-0.2, -0.15) is 0 Å². The van der Waals surface area contributed by atoms with Gasteiger partial charge in [0.25, 0.3) is 11.7 Å². The number of carbonyl (C=O) groups is 2. The number of anilines is 1. The highest BCUT2D eigenvalue weighted by atomic mass is 16.5. The number of benzene rings is 3. The molecule has 6 heteroatoms. The van der Waals surface area contributed by atoms with Crippen molar-refractivity contribution in [1.29, 1.82) is 0 Å². The van der Waals surface area contributed by atoms with Crippen LogP contribution in [0.15, 0.2) is 90.6 Å².